The molecule has 3 aromatic carbocycles. The smallest absolute Gasteiger partial charge is 0.201 e. The van der Waals surface area contributed by atoms with E-state index in [2.05, 4.69) is 6.92 Å². The second kappa shape index (κ2) is 13.1. The first kappa shape index (κ1) is 27.3. The lowest BCUT2D eigenvalue weighted by atomic mass is 9.78. The van der Waals surface area contributed by atoms with Crippen LogP contribution in [0.1, 0.15) is 69.8 Å². The van der Waals surface area contributed by atoms with Gasteiger partial charge >= 0.3 is 0 Å². The van der Waals surface area contributed by atoms with Crippen molar-refractivity contribution in [1.82, 2.24) is 0 Å². The predicted molar refractivity (Wildman–Crippen MR) is 143 cm³/mol. The summed E-state index contributed by atoms with van der Waals surface area (Å²) in [4.78, 5) is 0. The normalized spacial score (nSPS) is 17.6. The quantitative estimate of drug-likeness (QED) is 0.239. The second-order valence-electron chi connectivity index (χ2n) is 10.1. The van der Waals surface area contributed by atoms with Crippen LogP contribution in [0.4, 0.5) is 13.2 Å². The van der Waals surface area contributed by atoms with Gasteiger partial charge in [0.1, 0.15) is 5.82 Å². The molecule has 0 saturated heterocycles. The molecule has 0 bridgehead atoms. The zero-order chi connectivity index (χ0) is 26.2. The molecule has 0 amide bonds. The minimum Gasteiger partial charge on any atom is -0.490 e. The van der Waals surface area contributed by atoms with Gasteiger partial charge in [-0.25, -0.2) is 8.78 Å². The van der Waals surface area contributed by atoms with Crippen LogP contribution in [-0.4, -0.2) is 20.3 Å². The molecular weight excluding hydrogens is 473 g/mol. The van der Waals surface area contributed by atoms with Crippen LogP contribution in [0.25, 0.3) is 22.3 Å². The molecule has 0 atom stereocenters. The summed E-state index contributed by atoms with van der Waals surface area (Å²) >= 11 is 0. The van der Waals surface area contributed by atoms with Crippen LogP contribution in [0, 0.1) is 23.4 Å². The number of unbranched alkanes of at least 4 members (excludes halogenated alkanes) is 3. The maximum absolute atomic E-state index is 15.1. The lowest BCUT2D eigenvalue weighted by molar-refractivity contribution is 0.127. The zero-order valence-corrected chi connectivity index (χ0v) is 21.9. The Kier molecular flexibility index (Phi) is 9.68. The molecule has 5 heteroatoms. The minimum atomic E-state index is -0.977. The van der Waals surface area contributed by atoms with E-state index in [-0.39, 0.29) is 17.1 Å². The summed E-state index contributed by atoms with van der Waals surface area (Å²) in [5.74, 6) is -1.27. The number of hydrogen-bond donors (Lipinski definition) is 0. The highest BCUT2D eigenvalue weighted by Gasteiger charge is 2.23. The monoisotopic (exact) mass is 510 g/mol. The topological polar surface area (TPSA) is 18.5 Å². The molecule has 0 radical (unpaired) electrons. The van der Waals surface area contributed by atoms with Gasteiger partial charge in [-0.1, -0.05) is 62.6 Å². The molecule has 4 rings (SSSR count). The molecular formula is C32H37F3O2. The van der Waals surface area contributed by atoms with Crippen LogP contribution in [0.5, 0.6) is 5.75 Å². The van der Waals surface area contributed by atoms with Crippen LogP contribution in [0.15, 0.2) is 54.6 Å². The SMILES string of the molecule is CCCCCCOc1ccc(-c2ccc(-c3ccc(C4CCC(COC)CC4)cc3F)cc2)c(F)c1F. The second-order valence-corrected chi connectivity index (χ2v) is 10.1. The first-order valence-corrected chi connectivity index (χ1v) is 13.5. The maximum Gasteiger partial charge on any atom is 0.201 e. The summed E-state index contributed by atoms with van der Waals surface area (Å²) in [5.41, 5.74) is 2.92. The van der Waals surface area contributed by atoms with E-state index in [1.807, 2.05) is 12.1 Å². The highest BCUT2D eigenvalue weighted by molar-refractivity contribution is 5.71. The summed E-state index contributed by atoms with van der Waals surface area (Å²) < 4.78 is 55.3. The van der Waals surface area contributed by atoms with Crippen LogP contribution >= 0.6 is 0 Å². The summed E-state index contributed by atoms with van der Waals surface area (Å²) in [6, 6.07) is 15.4. The molecule has 1 aliphatic carbocycles. The molecule has 1 saturated carbocycles. The van der Waals surface area contributed by atoms with Gasteiger partial charge in [-0.15, -0.1) is 0 Å². The van der Waals surface area contributed by atoms with Gasteiger partial charge in [0.25, 0.3) is 0 Å². The van der Waals surface area contributed by atoms with Gasteiger partial charge in [0.2, 0.25) is 5.82 Å². The van der Waals surface area contributed by atoms with E-state index in [0.29, 0.717) is 35.1 Å². The van der Waals surface area contributed by atoms with E-state index >= 15 is 4.39 Å². The molecule has 0 N–H and O–H groups in total. The van der Waals surface area contributed by atoms with Crippen LogP contribution in [-0.2, 0) is 4.74 Å². The molecule has 1 aliphatic rings. The van der Waals surface area contributed by atoms with Crippen LogP contribution < -0.4 is 4.74 Å². The zero-order valence-electron chi connectivity index (χ0n) is 21.9. The van der Waals surface area contributed by atoms with Gasteiger partial charge < -0.3 is 9.47 Å². The Labute approximate surface area is 218 Å². The Morgan fingerprint density at radius 3 is 2.08 bits per heavy atom. The van der Waals surface area contributed by atoms with Gasteiger partial charge in [-0.3, -0.25) is 0 Å². The van der Waals surface area contributed by atoms with Crippen molar-refractivity contribution >= 4 is 0 Å². The third kappa shape index (κ3) is 6.75. The standard InChI is InChI=1S/C32H37F3O2/c1-3-4-5-6-19-37-30-18-17-28(31(34)32(30)35)25-13-11-24(12-14-25)27-16-15-26(20-29(27)33)23-9-7-22(8-10-23)21-36-2/h11-18,20,22-23H,3-10,19,21H2,1-2H3. The van der Waals surface area contributed by atoms with Crippen molar-refractivity contribution in [3.05, 3.63) is 77.6 Å². The van der Waals surface area contributed by atoms with Crippen molar-refractivity contribution in [3.8, 4) is 28.0 Å². The highest BCUT2D eigenvalue weighted by atomic mass is 19.2. The first-order chi connectivity index (χ1) is 18.0. The number of methoxy groups -OCH3 is 1. The molecule has 37 heavy (non-hydrogen) atoms. The van der Waals surface area contributed by atoms with Gasteiger partial charge in [0, 0.05) is 24.8 Å². The average Bonchev–Trinajstić information content (AvgIpc) is 2.92. The van der Waals surface area contributed by atoms with E-state index in [1.165, 1.54) is 12.1 Å². The Bertz CT molecular complexity index is 1150. The predicted octanol–water partition coefficient (Wildman–Crippen LogP) is 9.32. The Hall–Kier alpha value is -2.79. The fraction of sp³-hybridized carbons (Fsp3) is 0.438. The third-order valence-corrected chi connectivity index (χ3v) is 7.52. The molecule has 0 aliphatic heterocycles. The van der Waals surface area contributed by atoms with Crippen LogP contribution in [0.2, 0.25) is 0 Å². The Balaban J connectivity index is 1.43. The third-order valence-electron chi connectivity index (χ3n) is 7.52. The molecule has 2 nitrogen and oxygen atoms in total. The highest BCUT2D eigenvalue weighted by Crippen LogP contribution is 2.38. The fourth-order valence-electron chi connectivity index (χ4n) is 5.32. The summed E-state index contributed by atoms with van der Waals surface area (Å²) in [6.45, 7) is 3.28. The van der Waals surface area contributed by atoms with E-state index in [0.717, 1.165) is 63.5 Å². The number of ether oxygens (including phenoxy) is 2. The number of rotatable bonds is 11. The van der Waals surface area contributed by atoms with Crippen molar-refractivity contribution in [1.29, 1.82) is 0 Å². The van der Waals surface area contributed by atoms with Gasteiger partial charge in [-0.05, 0) is 78.8 Å². The Morgan fingerprint density at radius 2 is 1.43 bits per heavy atom. The molecule has 198 valence electrons. The maximum atomic E-state index is 15.1. The number of hydrogen-bond acceptors (Lipinski definition) is 2. The molecule has 3 aromatic rings. The van der Waals surface area contributed by atoms with Gasteiger partial charge in [0.05, 0.1) is 6.61 Å². The lowest BCUT2D eigenvalue weighted by Gasteiger charge is -2.28. The first-order valence-electron chi connectivity index (χ1n) is 13.5. The Morgan fingerprint density at radius 1 is 0.757 bits per heavy atom. The van der Waals surface area contributed by atoms with Gasteiger partial charge in [0.15, 0.2) is 11.6 Å². The molecule has 1 fully saturated rings. The van der Waals surface area contributed by atoms with E-state index < -0.39 is 11.6 Å². The summed E-state index contributed by atoms with van der Waals surface area (Å²) in [6.07, 6.45) is 8.32. The average molecular weight is 511 g/mol. The molecule has 0 spiro atoms. The fourth-order valence-corrected chi connectivity index (χ4v) is 5.32. The largest absolute Gasteiger partial charge is 0.490 e. The summed E-state index contributed by atoms with van der Waals surface area (Å²) in [5, 5.41) is 0. The van der Waals surface area contributed by atoms with Crippen molar-refractivity contribution in [2.75, 3.05) is 20.3 Å². The summed E-state index contributed by atoms with van der Waals surface area (Å²) in [7, 11) is 1.74. The van der Waals surface area contributed by atoms with E-state index in [1.54, 1.807) is 37.4 Å². The number of halogens is 3. The molecule has 0 unspecified atom stereocenters. The van der Waals surface area contributed by atoms with Crippen molar-refractivity contribution in [3.63, 3.8) is 0 Å². The van der Waals surface area contributed by atoms with Crippen molar-refractivity contribution in [2.45, 2.75) is 64.2 Å². The van der Waals surface area contributed by atoms with E-state index in [4.69, 9.17) is 9.47 Å². The number of benzene rings is 3. The molecule has 0 aromatic heterocycles. The van der Waals surface area contributed by atoms with Crippen molar-refractivity contribution in [2.24, 2.45) is 5.92 Å². The molecule has 0 heterocycles. The lowest BCUT2D eigenvalue weighted by Crippen LogP contribution is -2.17. The minimum absolute atomic E-state index is 0.0660. The van der Waals surface area contributed by atoms with Crippen LogP contribution in [0.3, 0.4) is 0 Å². The van der Waals surface area contributed by atoms with Gasteiger partial charge in [-0.2, -0.15) is 4.39 Å². The van der Waals surface area contributed by atoms with E-state index in [9.17, 15) is 8.78 Å². The van der Waals surface area contributed by atoms with Crippen molar-refractivity contribution < 1.29 is 22.6 Å².